The maximum absolute atomic E-state index is 13.0. The van der Waals surface area contributed by atoms with Gasteiger partial charge >= 0.3 is 6.03 Å². The normalized spacial score (nSPS) is 17.3. The fourth-order valence-electron chi connectivity index (χ4n) is 3.19. The van der Waals surface area contributed by atoms with Gasteiger partial charge in [-0.3, -0.25) is 9.69 Å². The SMILES string of the molecule is CCCCCCN1C(=O)C(c2ccccc2)N(/N=C/c2ccccc2)C1=O. The molecule has 1 unspecified atom stereocenters. The van der Waals surface area contributed by atoms with Crippen LogP contribution < -0.4 is 0 Å². The van der Waals surface area contributed by atoms with Gasteiger partial charge in [-0.15, -0.1) is 0 Å². The lowest BCUT2D eigenvalue weighted by molar-refractivity contribution is -0.128. The molecule has 1 aliphatic heterocycles. The van der Waals surface area contributed by atoms with Crippen LogP contribution in [0.4, 0.5) is 4.79 Å². The summed E-state index contributed by atoms with van der Waals surface area (Å²) in [5, 5.41) is 5.68. The molecule has 3 rings (SSSR count). The van der Waals surface area contributed by atoms with Gasteiger partial charge in [-0.25, -0.2) is 4.79 Å². The van der Waals surface area contributed by atoms with Crippen LogP contribution in [-0.2, 0) is 4.79 Å². The van der Waals surface area contributed by atoms with Crippen molar-refractivity contribution in [3.05, 3.63) is 71.8 Å². The molecule has 1 saturated heterocycles. The summed E-state index contributed by atoms with van der Waals surface area (Å²) >= 11 is 0. The van der Waals surface area contributed by atoms with Gasteiger partial charge in [0.2, 0.25) is 0 Å². The van der Waals surface area contributed by atoms with Crippen LogP contribution in [0.1, 0.15) is 49.8 Å². The maximum atomic E-state index is 13.0. The summed E-state index contributed by atoms with van der Waals surface area (Å²) < 4.78 is 0. The molecular formula is C22H25N3O2. The highest BCUT2D eigenvalue weighted by Gasteiger charge is 2.45. The molecule has 0 N–H and O–H groups in total. The highest BCUT2D eigenvalue weighted by Crippen LogP contribution is 2.31. The van der Waals surface area contributed by atoms with Crippen LogP contribution in [0.2, 0.25) is 0 Å². The zero-order valence-corrected chi connectivity index (χ0v) is 15.6. The van der Waals surface area contributed by atoms with Crippen molar-refractivity contribution in [2.75, 3.05) is 6.54 Å². The predicted molar refractivity (Wildman–Crippen MR) is 106 cm³/mol. The summed E-state index contributed by atoms with van der Waals surface area (Å²) in [5.41, 5.74) is 1.66. The number of benzene rings is 2. The van der Waals surface area contributed by atoms with Gasteiger partial charge in [0.1, 0.15) is 0 Å². The molecule has 5 nitrogen and oxygen atoms in total. The lowest BCUT2D eigenvalue weighted by atomic mass is 10.1. The van der Waals surface area contributed by atoms with Crippen LogP contribution >= 0.6 is 0 Å². The molecule has 0 aliphatic carbocycles. The standard InChI is InChI=1S/C22H25N3O2/c1-2-3-4-11-16-24-21(26)20(19-14-9-6-10-15-19)25(22(24)27)23-17-18-12-7-5-8-13-18/h5-10,12-15,17,20H,2-4,11,16H2,1H3/b23-17+. The van der Waals surface area contributed by atoms with Gasteiger partial charge in [0.05, 0.1) is 6.21 Å². The van der Waals surface area contributed by atoms with E-state index >= 15 is 0 Å². The van der Waals surface area contributed by atoms with Crippen LogP contribution in [0.3, 0.4) is 0 Å². The first kappa shape index (κ1) is 18.8. The Labute approximate surface area is 160 Å². The molecule has 0 radical (unpaired) electrons. The first-order valence-electron chi connectivity index (χ1n) is 9.51. The molecule has 0 spiro atoms. The molecule has 1 fully saturated rings. The molecule has 27 heavy (non-hydrogen) atoms. The van der Waals surface area contributed by atoms with E-state index in [4.69, 9.17) is 0 Å². The number of amides is 3. The molecule has 5 heteroatoms. The van der Waals surface area contributed by atoms with E-state index in [1.807, 2.05) is 60.7 Å². The van der Waals surface area contributed by atoms with E-state index in [0.29, 0.717) is 6.54 Å². The summed E-state index contributed by atoms with van der Waals surface area (Å²) in [6.07, 6.45) is 5.68. The van der Waals surface area contributed by atoms with Gasteiger partial charge in [0.15, 0.2) is 6.04 Å². The van der Waals surface area contributed by atoms with E-state index in [1.165, 1.54) is 9.91 Å². The van der Waals surface area contributed by atoms with Crippen molar-refractivity contribution in [1.82, 2.24) is 9.91 Å². The molecular weight excluding hydrogens is 338 g/mol. The van der Waals surface area contributed by atoms with E-state index in [2.05, 4.69) is 12.0 Å². The van der Waals surface area contributed by atoms with Crippen LogP contribution in [0.25, 0.3) is 0 Å². The lowest BCUT2D eigenvalue weighted by Crippen LogP contribution is -2.32. The van der Waals surface area contributed by atoms with Gasteiger partial charge in [0.25, 0.3) is 5.91 Å². The van der Waals surface area contributed by atoms with Gasteiger partial charge in [0, 0.05) is 6.54 Å². The minimum Gasteiger partial charge on any atom is -0.271 e. The fraction of sp³-hybridized carbons (Fsp3) is 0.318. The van der Waals surface area contributed by atoms with Crippen molar-refractivity contribution in [3.63, 3.8) is 0 Å². The van der Waals surface area contributed by atoms with Crippen LogP contribution in [0, 0.1) is 0 Å². The van der Waals surface area contributed by atoms with Crippen molar-refractivity contribution in [1.29, 1.82) is 0 Å². The Bertz CT molecular complexity index is 790. The predicted octanol–water partition coefficient (Wildman–Crippen LogP) is 4.61. The van der Waals surface area contributed by atoms with Crippen molar-refractivity contribution in [2.45, 2.75) is 38.6 Å². The third-order valence-corrected chi connectivity index (χ3v) is 4.65. The van der Waals surface area contributed by atoms with Crippen LogP contribution in [0.15, 0.2) is 65.8 Å². The number of carbonyl (C=O) groups is 2. The smallest absolute Gasteiger partial charge is 0.271 e. The summed E-state index contributed by atoms with van der Waals surface area (Å²) in [5.74, 6) is -0.201. The summed E-state index contributed by atoms with van der Waals surface area (Å²) in [4.78, 5) is 27.2. The van der Waals surface area contributed by atoms with Crippen molar-refractivity contribution >= 4 is 18.2 Å². The van der Waals surface area contributed by atoms with Crippen molar-refractivity contribution in [2.24, 2.45) is 5.10 Å². The number of rotatable bonds is 8. The number of urea groups is 1. The minimum atomic E-state index is -0.704. The number of nitrogens with zero attached hydrogens (tertiary/aromatic N) is 3. The molecule has 2 aromatic rings. The van der Waals surface area contributed by atoms with E-state index in [0.717, 1.165) is 36.8 Å². The number of imide groups is 1. The van der Waals surface area contributed by atoms with E-state index in [9.17, 15) is 9.59 Å². The Morgan fingerprint density at radius 2 is 1.59 bits per heavy atom. The van der Waals surface area contributed by atoms with E-state index in [1.54, 1.807) is 6.21 Å². The Morgan fingerprint density at radius 1 is 0.926 bits per heavy atom. The number of hydrogen-bond donors (Lipinski definition) is 0. The zero-order chi connectivity index (χ0) is 19.1. The van der Waals surface area contributed by atoms with Crippen LogP contribution in [0.5, 0.6) is 0 Å². The summed E-state index contributed by atoms with van der Waals surface area (Å²) in [6, 6.07) is 17.9. The Balaban J connectivity index is 1.84. The second kappa shape index (κ2) is 9.12. The highest BCUT2D eigenvalue weighted by atomic mass is 16.2. The number of hydrazone groups is 1. The maximum Gasteiger partial charge on any atom is 0.348 e. The third-order valence-electron chi connectivity index (χ3n) is 4.65. The minimum absolute atomic E-state index is 0.201. The molecule has 1 atom stereocenters. The average molecular weight is 363 g/mol. The largest absolute Gasteiger partial charge is 0.348 e. The first-order chi connectivity index (χ1) is 13.2. The second-order valence-electron chi connectivity index (χ2n) is 6.65. The van der Waals surface area contributed by atoms with Crippen molar-refractivity contribution in [3.8, 4) is 0 Å². The molecule has 0 saturated carbocycles. The first-order valence-corrected chi connectivity index (χ1v) is 9.51. The average Bonchev–Trinajstić information content (AvgIpc) is 2.95. The number of carbonyl (C=O) groups excluding carboxylic acids is 2. The number of hydrogen-bond acceptors (Lipinski definition) is 3. The summed E-state index contributed by atoms with van der Waals surface area (Å²) in [6.45, 7) is 2.58. The lowest BCUT2D eigenvalue weighted by Gasteiger charge is -2.16. The monoisotopic (exact) mass is 363 g/mol. The van der Waals surface area contributed by atoms with Gasteiger partial charge in [-0.05, 0) is 17.5 Å². The zero-order valence-electron chi connectivity index (χ0n) is 15.6. The van der Waals surface area contributed by atoms with Crippen molar-refractivity contribution < 1.29 is 9.59 Å². The highest BCUT2D eigenvalue weighted by molar-refractivity contribution is 6.04. The summed E-state index contributed by atoms with van der Waals surface area (Å²) in [7, 11) is 0. The van der Waals surface area contributed by atoms with Gasteiger partial charge in [-0.2, -0.15) is 10.1 Å². The Kier molecular flexibility index (Phi) is 6.36. The molecule has 1 heterocycles. The molecule has 0 aromatic heterocycles. The fourth-order valence-corrected chi connectivity index (χ4v) is 3.19. The topological polar surface area (TPSA) is 53.0 Å². The van der Waals surface area contributed by atoms with E-state index in [-0.39, 0.29) is 11.9 Å². The van der Waals surface area contributed by atoms with Gasteiger partial charge < -0.3 is 0 Å². The molecule has 1 aliphatic rings. The Morgan fingerprint density at radius 3 is 2.26 bits per heavy atom. The molecule has 0 bridgehead atoms. The second-order valence-corrected chi connectivity index (χ2v) is 6.65. The van der Waals surface area contributed by atoms with Crippen LogP contribution in [-0.4, -0.2) is 34.6 Å². The molecule has 140 valence electrons. The molecule has 2 aromatic carbocycles. The quantitative estimate of drug-likeness (QED) is 0.391. The number of unbranched alkanes of at least 4 members (excludes halogenated alkanes) is 3. The van der Waals surface area contributed by atoms with E-state index < -0.39 is 6.04 Å². The Hall–Kier alpha value is -2.95. The third kappa shape index (κ3) is 4.42. The van der Waals surface area contributed by atoms with Gasteiger partial charge in [-0.1, -0.05) is 86.8 Å². The molecule has 3 amide bonds.